The molecule has 21 heavy (non-hydrogen) atoms. The predicted octanol–water partition coefficient (Wildman–Crippen LogP) is 2.83. The molecule has 5 rings (SSSR count). The van der Waals surface area contributed by atoms with E-state index >= 15 is 0 Å². The van der Waals surface area contributed by atoms with Crippen molar-refractivity contribution in [2.45, 2.75) is 63.7 Å². The molecule has 1 heterocycles. The lowest BCUT2D eigenvalue weighted by Gasteiger charge is -2.57. The van der Waals surface area contributed by atoms with Gasteiger partial charge >= 0.3 is 0 Å². The maximum absolute atomic E-state index is 4.69. The van der Waals surface area contributed by atoms with Crippen LogP contribution in [0.25, 0.3) is 0 Å². The second kappa shape index (κ2) is 5.20. The van der Waals surface area contributed by atoms with Crippen LogP contribution in [0.5, 0.6) is 0 Å². The van der Waals surface area contributed by atoms with Crippen molar-refractivity contribution in [1.29, 1.82) is 0 Å². The lowest BCUT2D eigenvalue weighted by molar-refractivity contribution is -0.0207. The van der Waals surface area contributed by atoms with E-state index in [4.69, 9.17) is 0 Å². The van der Waals surface area contributed by atoms with Crippen LogP contribution in [0.15, 0.2) is 18.3 Å². The van der Waals surface area contributed by atoms with Gasteiger partial charge in [0.15, 0.2) is 0 Å². The molecule has 4 bridgehead atoms. The van der Waals surface area contributed by atoms with Crippen molar-refractivity contribution < 1.29 is 0 Å². The summed E-state index contributed by atoms with van der Waals surface area (Å²) in [5.74, 6) is 3.06. The summed E-state index contributed by atoms with van der Waals surface area (Å²) in [6, 6.07) is 4.55. The van der Waals surface area contributed by atoms with Crippen molar-refractivity contribution in [1.82, 2.24) is 10.3 Å². The fourth-order valence-electron chi connectivity index (χ4n) is 5.49. The summed E-state index contributed by atoms with van der Waals surface area (Å²) in [6.45, 7) is 5.70. The molecule has 4 aliphatic carbocycles. The van der Waals surface area contributed by atoms with Gasteiger partial charge in [-0.2, -0.15) is 0 Å². The third-order valence-corrected chi connectivity index (χ3v) is 7.87. The Bertz CT molecular complexity index is 473. The fraction of sp³-hybridized carbons (Fsp3) is 0.722. The molecule has 0 spiro atoms. The number of hydrogen-bond acceptors (Lipinski definition) is 2. The van der Waals surface area contributed by atoms with Crippen LogP contribution in [0.4, 0.5) is 0 Å². The Kier molecular flexibility index (Phi) is 3.46. The summed E-state index contributed by atoms with van der Waals surface area (Å²) in [7, 11) is -0.702. The lowest BCUT2D eigenvalue weighted by atomic mass is 9.53. The van der Waals surface area contributed by atoms with Crippen molar-refractivity contribution >= 4 is 14.0 Å². The van der Waals surface area contributed by atoms with Crippen LogP contribution in [0.3, 0.4) is 0 Å². The monoisotopic (exact) mass is 300 g/mol. The van der Waals surface area contributed by atoms with Gasteiger partial charge in [-0.1, -0.05) is 19.2 Å². The smallest absolute Gasteiger partial charge is 0.0667 e. The van der Waals surface area contributed by atoms with Crippen molar-refractivity contribution in [3.8, 4) is 0 Å². The number of hydrogen-bond donors (Lipinski definition) is 1. The highest BCUT2D eigenvalue weighted by Gasteiger charge is 2.50. The lowest BCUT2D eigenvalue weighted by Crippen LogP contribution is -2.58. The quantitative estimate of drug-likeness (QED) is 0.865. The standard InChI is InChI=1S/C18H28N2Si/c1-21(2)17-4-3-16(19-12-17)11-20-18-8-13-5-14(9-18)7-15(6-13)10-18/h3-4,12-15,20-21H,5-11H2,1-2H3. The minimum Gasteiger partial charge on any atom is -0.306 e. The van der Waals surface area contributed by atoms with E-state index in [1.807, 2.05) is 0 Å². The van der Waals surface area contributed by atoms with Crippen molar-refractivity contribution in [2.24, 2.45) is 17.8 Å². The second-order valence-corrected chi connectivity index (χ2v) is 11.3. The SMILES string of the molecule is C[SiH](C)c1ccc(CNC23CC4CC(CC(C4)C2)C3)nc1. The van der Waals surface area contributed by atoms with Crippen molar-refractivity contribution in [2.75, 3.05) is 0 Å². The molecular formula is C18H28N2Si. The largest absolute Gasteiger partial charge is 0.306 e. The van der Waals surface area contributed by atoms with Gasteiger partial charge in [0, 0.05) is 18.3 Å². The number of nitrogens with one attached hydrogen (secondary N) is 1. The molecule has 4 saturated carbocycles. The molecule has 0 aliphatic heterocycles. The molecule has 1 aromatic rings. The van der Waals surface area contributed by atoms with Gasteiger partial charge in [-0.05, 0) is 67.5 Å². The molecule has 0 amide bonds. The Morgan fingerprint density at radius 3 is 2.19 bits per heavy atom. The molecule has 4 fully saturated rings. The molecule has 0 unspecified atom stereocenters. The molecule has 0 aromatic carbocycles. The van der Waals surface area contributed by atoms with Crippen LogP contribution in [-0.2, 0) is 6.54 Å². The van der Waals surface area contributed by atoms with E-state index in [0.717, 1.165) is 24.3 Å². The van der Waals surface area contributed by atoms with Crippen molar-refractivity contribution in [3.63, 3.8) is 0 Å². The molecule has 4 aliphatic rings. The highest BCUT2D eigenvalue weighted by molar-refractivity contribution is 6.70. The molecule has 0 atom stereocenters. The molecule has 1 N–H and O–H groups in total. The highest BCUT2D eigenvalue weighted by atomic mass is 28.3. The predicted molar refractivity (Wildman–Crippen MR) is 90.5 cm³/mol. The van der Waals surface area contributed by atoms with Crippen LogP contribution in [0, 0.1) is 17.8 Å². The minimum atomic E-state index is -0.702. The van der Waals surface area contributed by atoms with Gasteiger partial charge in [0.25, 0.3) is 0 Å². The van der Waals surface area contributed by atoms with E-state index < -0.39 is 8.80 Å². The molecule has 0 saturated heterocycles. The Hall–Kier alpha value is -0.673. The molecule has 0 radical (unpaired) electrons. The van der Waals surface area contributed by atoms with Gasteiger partial charge in [-0.15, -0.1) is 0 Å². The first kappa shape index (κ1) is 14.0. The van der Waals surface area contributed by atoms with Crippen LogP contribution in [0.2, 0.25) is 13.1 Å². The van der Waals surface area contributed by atoms with Crippen LogP contribution in [-0.4, -0.2) is 19.3 Å². The summed E-state index contributed by atoms with van der Waals surface area (Å²) in [5, 5.41) is 5.42. The Morgan fingerprint density at radius 1 is 1.10 bits per heavy atom. The average molecular weight is 301 g/mol. The maximum Gasteiger partial charge on any atom is 0.0667 e. The first-order chi connectivity index (χ1) is 10.1. The zero-order chi connectivity index (χ0) is 14.4. The minimum absolute atomic E-state index is 0.460. The van der Waals surface area contributed by atoms with Crippen LogP contribution >= 0.6 is 0 Å². The number of rotatable bonds is 4. The van der Waals surface area contributed by atoms with E-state index in [9.17, 15) is 0 Å². The fourth-order valence-corrected chi connectivity index (χ4v) is 6.34. The molecular weight excluding hydrogens is 272 g/mol. The summed E-state index contributed by atoms with van der Waals surface area (Å²) in [4.78, 5) is 4.69. The molecule has 3 heteroatoms. The van der Waals surface area contributed by atoms with Crippen LogP contribution in [0.1, 0.15) is 44.2 Å². The van der Waals surface area contributed by atoms with Gasteiger partial charge in [0.05, 0.1) is 14.5 Å². The molecule has 1 aromatic heterocycles. The van der Waals surface area contributed by atoms with Gasteiger partial charge < -0.3 is 5.32 Å². The third kappa shape index (κ3) is 2.70. The second-order valence-electron chi connectivity index (χ2n) is 8.29. The third-order valence-electron chi connectivity index (χ3n) is 6.20. The summed E-state index contributed by atoms with van der Waals surface area (Å²) in [6.07, 6.45) is 11.0. The highest BCUT2D eigenvalue weighted by Crippen LogP contribution is 2.55. The zero-order valence-electron chi connectivity index (χ0n) is 13.4. The van der Waals surface area contributed by atoms with Crippen molar-refractivity contribution in [3.05, 3.63) is 24.0 Å². The van der Waals surface area contributed by atoms with Gasteiger partial charge in [0.1, 0.15) is 0 Å². The van der Waals surface area contributed by atoms with E-state index in [2.05, 4.69) is 41.7 Å². The maximum atomic E-state index is 4.69. The molecule has 114 valence electrons. The van der Waals surface area contributed by atoms with Gasteiger partial charge in [-0.25, -0.2) is 0 Å². The van der Waals surface area contributed by atoms with E-state index in [0.29, 0.717) is 5.54 Å². The topological polar surface area (TPSA) is 24.9 Å². The first-order valence-corrected chi connectivity index (χ1v) is 11.7. The average Bonchev–Trinajstić information content (AvgIpc) is 2.44. The Morgan fingerprint density at radius 2 is 1.71 bits per heavy atom. The summed E-state index contributed by atoms with van der Waals surface area (Å²) in [5.41, 5.74) is 1.69. The van der Waals surface area contributed by atoms with Crippen LogP contribution < -0.4 is 10.5 Å². The normalized spacial score (nSPS) is 37.4. The number of pyridine rings is 1. The molecule has 2 nitrogen and oxygen atoms in total. The van der Waals surface area contributed by atoms with Gasteiger partial charge in [-0.3, -0.25) is 4.98 Å². The number of nitrogens with zero attached hydrogens (tertiary/aromatic N) is 1. The van der Waals surface area contributed by atoms with Gasteiger partial charge in [0.2, 0.25) is 0 Å². The Labute approximate surface area is 130 Å². The first-order valence-electron chi connectivity index (χ1n) is 8.82. The zero-order valence-corrected chi connectivity index (χ0v) is 14.6. The number of aromatic nitrogens is 1. The van der Waals surface area contributed by atoms with E-state index in [1.165, 1.54) is 49.4 Å². The van der Waals surface area contributed by atoms with E-state index in [1.54, 1.807) is 0 Å². The summed E-state index contributed by atoms with van der Waals surface area (Å²) >= 11 is 0. The Balaban J connectivity index is 1.42. The van der Waals surface area contributed by atoms with E-state index in [-0.39, 0.29) is 0 Å². The summed E-state index contributed by atoms with van der Waals surface area (Å²) < 4.78 is 0.